The molecule has 0 aliphatic rings. The number of ether oxygens (including phenoxy) is 1. The number of benzene rings is 4. The van der Waals surface area contributed by atoms with Gasteiger partial charge in [0, 0.05) is 0 Å². The van der Waals surface area contributed by atoms with Crippen molar-refractivity contribution in [1.82, 2.24) is 0 Å². The first-order valence-corrected chi connectivity index (χ1v) is 10.5. The number of rotatable bonds is 5. The third-order valence-corrected chi connectivity index (χ3v) is 6.03. The van der Waals surface area contributed by atoms with Gasteiger partial charge < -0.3 is 4.74 Å². The number of hydrogen-bond donors (Lipinski definition) is 0. The number of hydrogen-bond acceptors (Lipinski definition) is 1. The SMILES string of the molecule is Cc1ccc(Oc2ccc(-c3ccccc3Pc3ccccc3)cc2)c(C)c1. The smallest absolute Gasteiger partial charge is 0.130 e. The van der Waals surface area contributed by atoms with Crippen molar-refractivity contribution in [3.63, 3.8) is 0 Å². The lowest BCUT2D eigenvalue weighted by molar-refractivity contribution is 0.479. The van der Waals surface area contributed by atoms with E-state index in [1.165, 1.54) is 27.3 Å². The molecule has 1 unspecified atom stereocenters. The van der Waals surface area contributed by atoms with Gasteiger partial charge in [-0.1, -0.05) is 93.0 Å². The zero-order chi connectivity index (χ0) is 19.3. The van der Waals surface area contributed by atoms with E-state index in [1.54, 1.807) is 0 Å². The van der Waals surface area contributed by atoms with Crippen molar-refractivity contribution < 1.29 is 4.74 Å². The molecule has 0 radical (unpaired) electrons. The first-order valence-electron chi connectivity index (χ1n) is 9.46. The van der Waals surface area contributed by atoms with Crippen molar-refractivity contribution >= 4 is 19.2 Å². The van der Waals surface area contributed by atoms with Gasteiger partial charge in [0.15, 0.2) is 0 Å². The minimum Gasteiger partial charge on any atom is -0.457 e. The van der Waals surface area contributed by atoms with Crippen molar-refractivity contribution in [2.24, 2.45) is 0 Å². The Morgan fingerprint density at radius 3 is 2.14 bits per heavy atom. The van der Waals surface area contributed by atoms with Crippen LogP contribution in [0.4, 0.5) is 0 Å². The fourth-order valence-corrected chi connectivity index (χ4v) is 4.48. The highest BCUT2D eigenvalue weighted by Crippen LogP contribution is 2.29. The van der Waals surface area contributed by atoms with E-state index in [0.29, 0.717) is 8.58 Å². The van der Waals surface area contributed by atoms with E-state index in [-0.39, 0.29) is 0 Å². The Labute approximate surface area is 168 Å². The molecular weight excluding hydrogens is 359 g/mol. The van der Waals surface area contributed by atoms with Crippen LogP contribution in [-0.4, -0.2) is 0 Å². The Bertz CT molecular complexity index is 1070. The molecule has 4 aromatic rings. The molecule has 0 saturated heterocycles. The second-order valence-corrected chi connectivity index (χ2v) is 8.30. The van der Waals surface area contributed by atoms with Crippen molar-refractivity contribution in [3.8, 4) is 22.6 Å². The van der Waals surface area contributed by atoms with Gasteiger partial charge in [0.2, 0.25) is 0 Å². The molecule has 0 heterocycles. The molecule has 4 aromatic carbocycles. The highest BCUT2D eigenvalue weighted by molar-refractivity contribution is 7.55. The summed E-state index contributed by atoms with van der Waals surface area (Å²) < 4.78 is 6.08. The molecule has 4 rings (SSSR count). The normalized spacial score (nSPS) is 11.1. The van der Waals surface area contributed by atoms with E-state index in [9.17, 15) is 0 Å². The predicted octanol–water partition coefficient (Wildman–Crippen LogP) is 6.39. The van der Waals surface area contributed by atoms with Gasteiger partial charge in [-0.2, -0.15) is 0 Å². The molecule has 2 heteroatoms. The molecule has 1 atom stereocenters. The summed E-state index contributed by atoms with van der Waals surface area (Å²) in [5.41, 5.74) is 4.89. The molecule has 0 aromatic heterocycles. The summed E-state index contributed by atoms with van der Waals surface area (Å²) >= 11 is 0. The van der Waals surface area contributed by atoms with Crippen molar-refractivity contribution in [3.05, 3.63) is 108 Å². The second kappa shape index (κ2) is 8.42. The standard InChI is InChI=1S/C26H23OP/c1-19-12-17-25(20(2)18-19)27-22-15-13-21(14-16-22)24-10-6-7-11-26(24)28-23-8-4-3-5-9-23/h3-18,28H,1-2H3. The highest BCUT2D eigenvalue weighted by atomic mass is 31.1. The van der Waals surface area contributed by atoms with E-state index in [2.05, 4.69) is 105 Å². The van der Waals surface area contributed by atoms with Crippen molar-refractivity contribution in [1.29, 1.82) is 0 Å². The van der Waals surface area contributed by atoms with Gasteiger partial charge in [0.1, 0.15) is 11.5 Å². The molecule has 0 aliphatic heterocycles. The maximum atomic E-state index is 6.08. The second-order valence-electron chi connectivity index (χ2n) is 6.93. The molecule has 28 heavy (non-hydrogen) atoms. The lowest BCUT2D eigenvalue weighted by Crippen LogP contribution is -2.05. The largest absolute Gasteiger partial charge is 0.457 e. The Hall–Kier alpha value is -2.89. The molecule has 0 fully saturated rings. The van der Waals surface area contributed by atoms with Crippen LogP contribution in [0.25, 0.3) is 11.1 Å². The topological polar surface area (TPSA) is 9.23 Å². The molecule has 0 spiro atoms. The van der Waals surface area contributed by atoms with Gasteiger partial charge >= 0.3 is 0 Å². The summed E-state index contributed by atoms with van der Waals surface area (Å²) in [6.07, 6.45) is 0. The van der Waals surface area contributed by atoms with E-state index >= 15 is 0 Å². The lowest BCUT2D eigenvalue weighted by Gasteiger charge is -2.12. The first kappa shape index (κ1) is 18.5. The maximum absolute atomic E-state index is 6.08. The molecular formula is C26H23OP. The monoisotopic (exact) mass is 382 g/mol. The maximum Gasteiger partial charge on any atom is 0.130 e. The first-order chi connectivity index (χ1) is 13.7. The average molecular weight is 382 g/mol. The van der Waals surface area contributed by atoms with Gasteiger partial charge in [0.05, 0.1) is 0 Å². The van der Waals surface area contributed by atoms with Gasteiger partial charge in [0.25, 0.3) is 0 Å². The lowest BCUT2D eigenvalue weighted by atomic mass is 10.1. The molecule has 0 amide bonds. The summed E-state index contributed by atoms with van der Waals surface area (Å²) in [6.45, 7) is 4.18. The number of aryl methyl sites for hydroxylation is 2. The minimum absolute atomic E-state index is 0.642. The molecule has 0 aliphatic carbocycles. The molecule has 1 nitrogen and oxygen atoms in total. The predicted molar refractivity (Wildman–Crippen MR) is 122 cm³/mol. The van der Waals surface area contributed by atoms with Gasteiger partial charge in [-0.15, -0.1) is 0 Å². The van der Waals surface area contributed by atoms with Crippen molar-refractivity contribution in [2.75, 3.05) is 0 Å². The summed E-state index contributed by atoms with van der Waals surface area (Å²) in [5.74, 6) is 1.77. The van der Waals surface area contributed by atoms with E-state index < -0.39 is 0 Å². The molecule has 0 saturated carbocycles. The minimum atomic E-state index is 0.642. The Morgan fingerprint density at radius 2 is 1.39 bits per heavy atom. The molecule has 138 valence electrons. The molecule has 0 bridgehead atoms. The third-order valence-electron chi connectivity index (χ3n) is 4.70. The van der Waals surface area contributed by atoms with Gasteiger partial charge in [-0.25, -0.2) is 0 Å². The van der Waals surface area contributed by atoms with Gasteiger partial charge in [-0.05, 0) is 59.3 Å². The van der Waals surface area contributed by atoms with Crippen molar-refractivity contribution in [2.45, 2.75) is 13.8 Å². The summed E-state index contributed by atoms with van der Waals surface area (Å²) in [6, 6.07) is 34.0. The highest BCUT2D eigenvalue weighted by Gasteiger charge is 2.07. The van der Waals surface area contributed by atoms with Gasteiger partial charge in [-0.3, -0.25) is 0 Å². The zero-order valence-corrected chi connectivity index (χ0v) is 17.1. The van der Waals surface area contributed by atoms with E-state index in [4.69, 9.17) is 4.74 Å². The fourth-order valence-electron chi connectivity index (χ4n) is 3.26. The van der Waals surface area contributed by atoms with Crippen LogP contribution in [-0.2, 0) is 0 Å². The van der Waals surface area contributed by atoms with Crippen LogP contribution >= 0.6 is 8.58 Å². The van der Waals surface area contributed by atoms with E-state index in [0.717, 1.165) is 17.1 Å². The fraction of sp³-hybridized carbons (Fsp3) is 0.0769. The summed E-state index contributed by atoms with van der Waals surface area (Å²) in [5, 5.41) is 2.71. The zero-order valence-electron chi connectivity index (χ0n) is 16.1. The van der Waals surface area contributed by atoms with Crippen LogP contribution in [0.1, 0.15) is 11.1 Å². The third kappa shape index (κ3) is 4.32. The summed E-state index contributed by atoms with van der Waals surface area (Å²) in [4.78, 5) is 0. The van der Waals surface area contributed by atoms with Crippen LogP contribution in [0.15, 0.2) is 97.1 Å². The van der Waals surface area contributed by atoms with Crippen LogP contribution in [0.2, 0.25) is 0 Å². The quantitative estimate of drug-likeness (QED) is 0.363. The van der Waals surface area contributed by atoms with Crippen LogP contribution < -0.4 is 15.3 Å². The van der Waals surface area contributed by atoms with E-state index in [1.807, 2.05) is 6.07 Å². The molecule has 0 N–H and O–H groups in total. The van der Waals surface area contributed by atoms with Crippen LogP contribution in [0, 0.1) is 13.8 Å². The van der Waals surface area contributed by atoms with Crippen LogP contribution in [0.5, 0.6) is 11.5 Å². The Kier molecular flexibility index (Phi) is 5.55. The summed E-state index contributed by atoms with van der Waals surface area (Å²) in [7, 11) is 0.642. The Balaban J connectivity index is 1.57. The average Bonchev–Trinajstić information content (AvgIpc) is 2.72. The van der Waals surface area contributed by atoms with Crippen LogP contribution in [0.3, 0.4) is 0 Å². The Morgan fingerprint density at radius 1 is 0.679 bits per heavy atom.